The van der Waals surface area contributed by atoms with Crippen LogP contribution in [0.5, 0.6) is 0 Å². The largest absolute Gasteiger partial charge is 0.490 e. The molecule has 0 spiro atoms. The SMILES string of the molecule is CCC(N)C(=O)O.O=C(O)C(F)(F)F. The van der Waals surface area contributed by atoms with Gasteiger partial charge in [0, 0.05) is 0 Å². The summed E-state index contributed by atoms with van der Waals surface area (Å²) in [7, 11) is 0. The van der Waals surface area contributed by atoms with E-state index in [1.54, 1.807) is 6.92 Å². The van der Waals surface area contributed by atoms with Crippen LogP contribution in [0.1, 0.15) is 13.3 Å². The smallest absolute Gasteiger partial charge is 0.480 e. The predicted molar refractivity (Wildman–Crippen MR) is 39.6 cm³/mol. The lowest BCUT2D eigenvalue weighted by molar-refractivity contribution is -0.192. The van der Waals surface area contributed by atoms with Crippen LogP contribution in [0.2, 0.25) is 0 Å². The van der Waals surface area contributed by atoms with Crippen LogP contribution in [0.3, 0.4) is 0 Å². The Hall–Kier alpha value is -1.31. The van der Waals surface area contributed by atoms with Crippen molar-refractivity contribution in [3.63, 3.8) is 0 Å². The molecule has 14 heavy (non-hydrogen) atoms. The normalized spacial score (nSPS) is 12.4. The van der Waals surface area contributed by atoms with Crippen LogP contribution >= 0.6 is 0 Å². The Bertz CT molecular complexity index is 204. The lowest BCUT2D eigenvalue weighted by atomic mass is 10.2. The maximum atomic E-state index is 10.6. The first kappa shape index (κ1) is 15.2. The van der Waals surface area contributed by atoms with E-state index in [1.807, 2.05) is 0 Å². The standard InChI is InChI=1S/C4H9NO2.C2HF3O2/c1-2-3(5)4(6)7;3-2(4,5)1(6)7/h3H,2,5H2,1H3,(H,6,7);(H,6,7). The van der Waals surface area contributed by atoms with Crippen LogP contribution in [-0.2, 0) is 9.59 Å². The molecule has 8 heteroatoms. The number of halogens is 3. The monoisotopic (exact) mass is 217 g/mol. The van der Waals surface area contributed by atoms with Crippen molar-refractivity contribution in [3.8, 4) is 0 Å². The Kier molecular flexibility index (Phi) is 6.71. The minimum atomic E-state index is -5.08. The van der Waals surface area contributed by atoms with Crippen LogP contribution < -0.4 is 5.73 Å². The predicted octanol–water partition coefficient (Wildman–Crippen LogP) is 0.442. The summed E-state index contributed by atoms with van der Waals surface area (Å²) in [5.41, 5.74) is 5.02. The molecule has 5 nitrogen and oxygen atoms in total. The summed E-state index contributed by atoms with van der Waals surface area (Å²) in [4.78, 5) is 18.7. The third-order valence-electron chi connectivity index (χ3n) is 1.000. The second-order valence-corrected chi connectivity index (χ2v) is 2.16. The highest BCUT2D eigenvalue weighted by atomic mass is 19.4. The van der Waals surface area contributed by atoms with Gasteiger partial charge in [-0.3, -0.25) is 4.79 Å². The molecule has 1 unspecified atom stereocenters. The maximum Gasteiger partial charge on any atom is 0.490 e. The van der Waals surface area contributed by atoms with Gasteiger partial charge in [-0.2, -0.15) is 13.2 Å². The average Bonchev–Trinajstić information content (AvgIpc) is 2.02. The zero-order valence-corrected chi connectivity index (χ0v) is 7.21. The summed E-state index contributed by atoms with van der Waals surface area (Å²) >= 11 is 0. The molecule has 84 valence electrons. The maximum absolute atomic E-state index is 10.6. The fourth-order valence-corrected chi connectivity index (χ4v) is 0.175. The molecule has 4 N–H and O–H groups in total. The third kappa shape index (κ3) is 8.78. The molecule has 0 aromatic carbocycles. The highest BCUT2D eigenvalue weighted by molar-refractivity contribution is 5.73. The van der Waals surface area contributed by atoms with Crippen LogP contribution in [-0.4, -0.2) is 34.4 Å². The molecule has 0 heterocycles. The quantitative estimate of drug-likeness (QED) is 0.623. The second kappa shape index (κ2) is 6.19. The van der Waals surface area contributed by atoms with Gasteiger partial charge < -0.3 is 15.9 Å². The van der Waals surface area contributed by atoms with Crippen molar-refractivity contribution in [2.24, 2.45) is 5.73 Å². The number of carboxylic acids is 2. The van der Waals surface area contributed by atoms with Gasteiger partial charge in [0.1, 0.15) is 6.04 Å². The van der Waals surface area contributed by atoms with E-state index < -0.39 is 24.2 Å². The molecule has 0 aliphatic rings. The van der Waals surface area contributed by atoms with E-state index in [-0.39, 0.29) is 0 Å². The number of hydrogen-bond donors (Lipinski definition) is 3. The Morgan fingerprint density at radius 2 is 1.64 bits per heavy atom. The Labute approximate surface area is 77.3 Å². The number of alkyl halides is 3. The molecule has 0 aliphatic carbocycles. The van der Waals surface area contributed by atoms with Crippen molar-refractivity contribution < 1.29 is 33.0 Å². The van der Waals surface area contributed by atoms with Gasteiger partial charge in [0.2, 0.25) is 0 Å². The molecular weight excluding hydrogens is 207 g/mol. The number of carbonyl (C=O) groups is 2. The zero-order valence-electron chi connectivity index (χ0n) is 7.21. The molecule has 0 aromatic rings. The van der Waals surface area contributed by atoms with Crippen molar-refractivity contribution >= 4 is 11.9 Å². The van der Waals surface area contributed by atoms with E-state index in [2.05, 4.69) is 0 Å². The molecule has 1 atom stereocenters. The van der Waals surface area contributed by atoms with Crippen molar-refractivity contribution in [1.29, 1.82) is 0 Å². The average molecular weight is 217 g/mol. The first-order valence-electron chi connectivity index (χ1n) is 3.41. The lowest BCUT2D eigenvalue weighted by Gasteiger charge is -1.97. The van der Waals surface area contributed by atoms with Crippen LogP contribution in [0, 0.1) is 0 Å². The number of hydrogen-bond acceptors (Lipinski definition) is 3. The molecule has 0 aliphatic heterocycles. The van der Waals surface area contributed by atoms with E-state index in [0.29, 0.717) is 6.42 Å². The number of carboxylic acid groups (broad SMARTS) is 2. The molecule has 0 bridgehead atoms. The summed E-state index contributed by atoms with van der Waals surface area (Å²) in [6.07, 6.45) is -4.59. The van der Waals surface area contributed by atoms with Gasteiger partial charge in [-0.15, -0.1) is 0 Å². The summed E-state index contributed by atoms with van der Waals surface area (Å²) in [5.74, 6) is -3.69. The van der Waals surface area contributed by atoms with Crippen LogP contribution in [0.15, 0.2) is 0 Å². The molecule has 0 amide bonds. The van der Waals surface area contributed by atoms with E-state index in [9.17, 15) is 18.0 Å². The summed E-state index contributed by atoms with van der Waals surface area (Å²) in [6.45, 7) is 1.73. The summed E-state index contributed by atoms with van der Waals surface area (Å²) in [5, 5.41) is 15.2. The second-order valence-electron chi connectivity index (χ2n) is 2.16. The van der Waals surface area contributed by atoms with E-state index in [0.717, 1.165) is 0 Å². The van der Waals surface area contributed by atoms with Crippen molar-refractivity contribution in [2.45, 2.75) is 25.6 Å². The van der Waals surface area contributed by atoms with Crippen molar-refractivity contribution in [2.75, 3.05) is 0 Å². The highest BCUT2D eigenvalue weighted by Crippen LogP contribution is 2.13. The number of aliphatic carboxylic acids is 2. The minimum absolute atomic E-state index is 0.495. The molecular formula is C6H10F3NO4. The van der Waals surface area contributed by atoms with E-state index in [4.69, 9.17) is 20.7 Å². The summed E-state index contributed by atoms with van der Waals surface area (Å²) < 4.78 is 31.7. The van der Waals surface area contributed by atoms with Gasteiger partial charge in [-0.05, 0) is 6.42 Å². The van der Waals surface area contributed by atoms with E-state index in [1.165, 1.54) is 0 Å². The first-order valence-corrected chi connectivity index (χ1v) is 3.41. The highest BCUT2D eigenvalue weighted by Gasteiger charge is 2.38. The van der Waals surface area contributed by atoms with Gasteiger partial charge in [-0.25, -0.2) is 4.79 Å². The van der Waals surface area contributed by atoms with Gasteiger partial charge in [0.05, 0.1) is 0 Å². The molecule has 0 radical (unpaired) electrons. The van der Waals surface area contributed by atoms with Gasteiger partial charge in [0.15, 0.2) is 0 Å². The number of rotatable bonds is 2. The van der Waals surface area contributed by atoms with Gasteiger partial charge >= 0.3 is 18.1 Å². The fraction of sp³-hybridized carbons (Fsp3) is 0.667. The van der Waals surface area contributed by atoms with Crippen molar-refractivity contribution in [3.05, 3.63) is 0 Å². The molecule has 0 rings (SSSR count). The third-order valence-corrected chi connectivity index (χ3v) is 1.000. The summed E-state index contributed by atoms with van der Waals surface area (Å²) in [6, 6.07) is -0.681. The first-order chi connectivity index (χ1) is 6.12. The van der Waals surface area contributed by atoms with Crippen LogP contribution in [0.25, 0.3) is 0 Å². The number of nitrogens with two attached hydrogens (primary N) is 1. The minimum Gasteiger partial charge on any atom is -0.480 e. The Balaban J connectivity index is 0. The Morgan fingerprint density at radius 1 is 1.36 bits per heavy atom. The van der Waals surface area contributed by atoms with Crippen molar-refractivity contribution in [1.82, 2.24) is 0 Å². The molecule has 0 saturated heterocycles. The van der Waals surface area contributed by atoms with Gasteiger partial charge in [0.25, 0.3) is 0 Å². The lowest BCUT2D eigenvalue weighted by Crippen LogP contribution is -2.28. The molecule has 0 fully saturated rings. The van der Waals surface area contributed by atoms with Gasteiger partial charge in [-0.1, -0.05) is 6.92 Å². The zero-order chi connectivity index (χ0) is 11.9. The molecule has 0 aromatic heterocycles. The van der Waals surface area contributed by atoms with E-state index >= 15 is 0 Å². The van der Waals surface area contributed by atoms with Crippen LogP contribution in [0.4, 0.5) is 13.2 Å². The topological polar surface area (TPSA) is 101 Å². The fourth-order valence-electron chi connectivity index (χ4n) is 0.175. The molecule has 0 saturated carbocycles. The Morgan fingerprint density at radius 3 is 1.64 bits per heavy atom.